The number of oxazole rings is 1. The molecule has 3 heterocycles. The third-order valence-electron chi connectivity index (χ3n) is 4.12. The van der Waals surface area contributed by atoms with Crippen molar-refractivity contribution in [3.63, 3.8) is 0 Å². The topological polar surface area (TPSA) is 115 Å². The van der Waals surface area contributed by atoms with Crippen LogP contribution in [-0.2, 0) is 14.8 Å². The molecule has 0 aliphatic carbocycles. The van der Waals surface area contributed by atoms with Crippen molar-refractivity contribution < 1.29 is 26.8 Å². The van der Waals surface area contributed by atoms with E-state index in [1.165, 1.54) is 16.4 Å². The Labute approximate surface area is 155 Å². The van der Waals surface area contributed by atoms with E-state index in [4.69, 9.17) is 13.6 Å². The highest BCUT2D eigenvalue weighted by molar-refractivity contribution is 7.89. The molecule has 0 bridgehead atoms. The number of amides is 1. The normalized spacial score (nSPS) is 15.9. The first-order valence-corrected chi connectivity index (χ1v) is 9.74. The van der Waals surface area contributed by atoms with Crippen LogP contribution in [0.25, 0.3) is 11.1 Å². The maximum Gasteiger partial charge on any atom is 0.291 e. The van der Waals surface area contributed by atoms with E-state index in [1.807, 2.05) is 0 Å². The second-order valence-corrected chi connectivity index (χ2v) is 7.87. The number of fused-ring (bicyclic) bond motifs is 1. The van der Waals surface area contributed by atoms with Gasteiger partial charge in [0.1, 0.15) is 5.52 Å². The number of anilines is 1. The highest BCUT2D eigenvalue weighted by atomic mass is 32.2. The number of furan rings is 1. The van der Waals surface area contributed by atoms with Crippen LogP contribution in [0.3, 0.4) is 0 Å². The number of morpholine rings is 1. The molecule has 0 atom stereocenters. The van der Waals surface area contributed by atoms with Crippen LogP contribution in [0.5, 0.6) is 0 Å². The zero-order valence-corrected chi connectivity index (χ0v) is 15.3. The fraction of sp³-hybridized carbons (Fsp3) is 0.294. The first kappa shape index (κ1) is 17.7. The molecule has 4 rings (SSSR count). The smallest absolute Gasteiger partial charge is 0.291 e. The molecular formula is C17H17N3O6S. The Hall–Kier alpha value is -2.69. The lowest BCUT2D eigenvalue weighted by Gasteiger charge is -2.24. The Morgan fingerprint density at radius 2 is 1.93 bits per heavy atom. The fourth-order valence-corrected chi connectivity index (χ4v) is 4.13. The van der Waals surface area contributed by atoms with E-state index in [1.54, 1.807) is 25.1 Å². The molecule has 1 aromatic carbocycles. The van der Waals surface area contributed by atoms with Gasteiger partial charge in [0.2, 0.25) is 5.09 Å². The lowest BCUT2D eigenvalue weighted by atomic mass is 10.3. The molecule has 1 aliphatic heterocycles. The van der Waals surface area contributed by atoms with E-state index in [2.05, 4.69) is 10.3 Å². The Bertz CT molecular complexity index is 1100. The number of rotatable bonds is 4. The van der Waals surface area contributed by atoms with Crippen molar-refractivity contribution in [2.24, 2.45) is 0 Å². The minimum Gasteiger partial charge on any atom is -0.441 e. The second-order valence-electron chi connectivity index (χ2n) is 6.00. The van der Waals surface area contributed by atoms with Crippen LogP contribution in [0, 0.1) is 6.92 Å². The van der Waals surface area contributed by atoms with E-state index in [9.17, 15) is 13.2 Å². The van der Waals surface area contributed by atoms with Gasteiger partial charge in [-0.1, -0.05) is 0 Å². The third-order valence-corrected chi connectivity index (χ3v) is 5.89. The summed E-state index contributed by atoms with van der Waals surface area (Å²) >= 11 is 0. The van der Waals surface area contributed by atoms with Gasteiger partial charge in [0.25, 0.3) is 15.9 Å². The van der Waals surface area contributed by atoms with Crippen molar-refractivity contribution in [3.8, 4) is 0 Å². The Morgan fingerprint density at radius 3 is 2.70 bits per heavy atom. The van der Waals surface area contributed by atoms with E-state index in [-0.39, 0.29) is 23.9 Å². The SMILES string of the molecule is Cc1nc2cc(NC(=O)c3ccc(S(=O)(=O)N4CCOCC4)o3)ccc2o1. The van der Waals surface area contributed by atoms with Gasteiger partial charge < -0.3 is 18.9 Å². The lowest BCUT2D eigenvalue weighted by Crippen LogP contribution is -2.40. The predicted octanol–water partition coefficient (Wildman–Crippen LogP) is 2.00. The lowest BCUT2D eigenvalue weighted by molar-refractivity contribution is 0.0723. The number of aromatic nitrogens is 1. The van der Waals surface area contributed by atoms with Crippen molar-refractivity contribution in [1.82, 2.24) is 9.29 Å². The first-order chi connectivity index (χ1) is 12.9. The monoisotopic (exact) mass is 391 g/mol. The number of hydrogen-bond acceptors (Lipinski definition) is 7. The number of aryl methyl sites for hydroxylation is 1. The Balaban J connectivity index is 1.52. The molecule has 1 N–H and O–H groups in total. The average molecular weight is 391 g/mol. The molecule has 0 saturated carbocycles. The zero-order valence-electron chi connectivity index (χ0n) is 14.5. The van der Waals surface area contributed by atoms with Gasteiger partial charge in [-0.25, -0.2) is 13.4 Å². The highest BCUT2D eigenvalue weighted by Crippen LogP contribution is 2.22. The maximum atomic E-state index is 12.6. The van der Waals surface area contributed by atoms with E-state index >= 15 is 0 Å². The Morgan fingerprint density at radius 1 is 1.15 bits per heavy atom. The van der Waals surface area contributed by atoms with Crippen LogP contribution in [-0.4, -0.2) is 49.9 Å². The van der Waals surface area contributed by atoms with Gasteiger partial charge in [-0.3, -0.25) is 4.79 Å². The summed E-state index contributed by atoms with van der Waals surface area (Å²) in [5, 5.41) is 2.39. The van der Waals surface area contributed by atoms with Crippen LogP contribution in [0.4, 0.5) is 5.69 Å². The number of carbonyl (C=O) groups excluding carboxylic acids is 1. The van der Waals surface area contributed by atoms with E-state index in [0.717, 1.165) is 0 Å². The quantitative estimate of drug-likeness (QED) is 0.723. The number of ether oxygens (including phenoxy) is 1. The summed E-state index contributed by atoms with van der Waals surface area (Å²) in [5.74, 6) is -0.131. The standard InChI is InChI=1S/C17H17N3O6S/c1-11-18-13-10-12(2-3-14(13)25-11)19-17(21)15-4-5-16(26-15)27(22,23)20-6-8-24-9-7-20/h2-5,10H,6-9H2,1H3,(H,19,21). The molecule has 1 aliphatic rings. The van der Waals surface area contributed by atoms with Crippen LogP contribution in [0.1, 0.15) is 16.4 Å². The summed E-state index contributed by atoms with van der Waals surface area (Å²) in [5.41, 5.74) is 1.72. The summed E-state index contributed by atoms with van der Waals surface area (Å²) < 4.78 is 42.2. The second kappa shape index (κ2) is 6.80. The number of benzene rings is 1. The summed E-state index contributed by atoms with van der Waals surface area (Å²) in [6.07, 6.45) is 0. The molecule has 0 radical (unpaired) electrons. The number of carbonyl (C=O) groups is 1. The Kier molecular flexibility index (Phi) is 4.46. The van der Waals surface area contributed by atoms with Crippen molar-refractivity contribution >= 4 is 32.7 Å². The largest absolute Gasteiger partial charge is 0.441 e. The number of hydrogen-bond donors (Lipinski definition) is 1. The number of sulfonamides is 1. The molecule has 9 nitrogen and oxygen atoms in total. The van der Waals surface area contributed by atoms with Crippen molar-refractivity contribution in [2.45, 2.75) is 12.0 Å². The van der Waals surface area contributed by atoms with Gasteiger partial charge in [0.05, 0.1) is 13.2 Å². The third kappa shape index (κ3) is 3.46. The minimum absolute atomic E-state index is 0.0988. The summed E-state index contributed by atoms with van der Waals surface area (Å²) in [6.45, 7) is 2.90. The van der Waals surface area contributed by atoms with Crippen LogP contribution < -0.4 is 5.32 Å². The summed E-state index contributed by atoms with van der Waals surface area (Å²) in [4.78, 5) is 16.6. The minimum atomic E-state index is -3.79. The van der Waals surface area contributed by atoms with E-state index < -0.39 is 15.9 Å². The fourth-order valence-electron chi connectivity index (χ4n) is 2.81. The maximum absolute atomic E-state index is 12.6. The first-order valence-electron chi connectivity index (χ1n) is 8.30. The van der Waals surface area contributed by atoms with Crippen LogP contribution >= 0.6 is 0 Å². The van der Waals surface area contributed by atoms with Gasteiger partial charge >= 0.3 is 0 Å². The molecule has 10 heteroatoms. The van der Waals surface area contributed by atoms with Crippen LogP contribution in [0.15, 0.2) is 44.3 Å². The predicted molar refractivity (Wildman–Crippen MR) is 95.0 cm³/mol. The molecule has 3 aromatic rings. The van der Waals surface area contributed by atoms with Gasteiger partial charge in [-0.05, 0) is 30.3 Å². The molecule has 0 spiro atoms. The zero-order chi connectivity index (χ0) is 19.0. The molecule has 0 unspecified atom stereocenters. The van der Waals surface area contributed by atoms with Gasteiger partial charge in [0, 0.05) is 25.7 Å². The van der Waals surface area contributed by atoms with Crippen molar-refractivity contribution in [1.29, 1.82) is 0 Å². The molecule has 1 fully saturated rings. The van der Waals surface area contributed by atoms with Gasteiger partial charge in [-0.2, -0.15) is 4.31 Å². The summed E-state index contributed by atoms with van der Waals surface area (Å²) in [6, 6.07) is 7.64. The van der Waals surface area contributed by atoms with E-state index in [0.29, 0.717) is 35.9 Å². The average Bonchev–Trinajstić information content (AvgIpc) is 3.28. The van der Waals surface area contributed by atoms with Crippen LogP contribution in [0.2, 0.25) is 0 Å². The highest BCUT2D eigenvalue weighted by Gasteiger charge is 2.30. The molecule has 142 valence electrons. The molecule has 27 heavy (non-hydrogen) atoms. The molecule has 1 amide bonds. The molecule has 1 saturated heterocycles. The van der Waals surface area contributed by atoms with Crippen molar-refractivity contribution in [2.75, 3.05) is 31.6 Å². The molecule has 2 aromatic heterocycles. The molecular weight excluding hydrogens is 374 g/mol. The van der Waals surface area contributed by atoms with Gasteiger partial charge in [0.15, 0.2) is 17.2 Å². The van der Waals surface area contributed by atoms with Gasteiger partial charge in [-0.15, -0.1) is 0 Å². The summed E-state index contributed by atoms with van der Waals surface area (Å²) in [7, 11) is -3.79. The number of nitrogens with one attached hydrogen (secondary N) is 1. The van der Waals surface area contributed by atoms with Crippen molar-refractivity contribution in [3.05, 3.63) is 42.0 Å². The number of nitrogens with zero attached hydrogens (tertiary/aromatic N) is 2.